The Labute approximate surface area is 200 Å². The average molecular weight is 465 g/mol. The highest BCUT2D eigenvalue weighted by Gasteiger charge is 2.24. The molecule has 0 saturated carbocycles. The number of hydrogen-bond donors (Lipinski definition) is 0. The molecule has 0 N–H and O–H groups in total. The zero-order chi connectivity index (χ0) is 23.6. The van der Waals surface area contributed by atoms with E-state index in [9.17, 15) is 9.59 Å². The van der Waals surface area contributed by atoms with Crippen molar-refractivity contribution in [1.29, 1.82) is 0 Å². The van der Waals surface area contributed by atoms with Crippen LogP contribution in [-0.4, -0.2) is 40.8 Å². The second-order valence-electron chi connectivity index (χ2n) is 8.36. The van der Waals surface area contributed by atoms with Crippen LogP contribution < -0.4 is 0 Å². The molecule has 174 valence electrons. The quantitative estimate of drug-likeness (QED) is 0.400. The fourth-order valence-corrected chi connectivity index (χ4v) is 4.41. The van der Waals surface area contributed by atoms with E-state index in [1.165, 1.54) is 5.56 Å². The van der Waals surface area contributed by atoms with Crippen LogP contribution in [0.2, 0.25) is 0 Å². The number of carbonyl (C=O) groups is 2. The van der Waals surface area contributed by atoms with E-state index in [0.29, 0.717) is 19.7 Å². The molecule has 0 aliphatic carbocycles. The molecule has 1 heterocycles. The molecule has 0 radical (unpaired) electrons. The lowest BCUT2D eigenvalue weighted by molar-refractivity contribution is -0.145. The fraction of sp³-hybridized carbons (Fsp3) is 0.333. The summed E-state index contributed by atoms with van der Waals surface area (Å²) in [5, 5.41) is 2.05. The number of nitrogens with zero attached hydrogens (tertiary/aromatic N) is 2. The molecular formula is C27H32N2O3S. The van der Waals surface area contributed by atoms with Crippen LogP contribution in [0.4, 0.5) is 0 Å². The summed E-state index contributed by atoms with van der Waals surface area (Å²) in [7, 11) is 0. The molecule has 1 aromatic heterocycles. The number of aryl methyl sites for hydroxylation is 1. The highest BCUT2D eigenvalue weighted by atomic mass is 32.1. The standard InChI is InChI=1S/C27H32N2O3S/c1-21(2)29(27(31)20-32-19-24-12-8-5-9-13-24)18-26(30)28(16-23-10-6-4-7-11-23)17-25-22(3)14-15-33-25/h4-15,21H,16-20H2,1-3H3. The Morgan fingerprint density at radius 3 is 2.09 bits per heavy atom. The van der Waals surface area contributed by atoms with Crippen LogP contribution in [0.5, 0.6) is 0 Å². The summed E-state index contributed by atoms with van der Waals surface area (Å²) >= 11 is 1.65. The molecule has 0 atom stereocenters. The van der Waals surface area contributed by atoms with E-state index < -0.39 is 0 Å². The maximum atomic E-state index is 13.4. The smallest absolute Gasteiger partial charge is 0.249 e. The molecule has 0 spiro atoms. The first-order chi connectivity index (χ1) is 15.9. The van der Waals surface area contributed by atoms with Gasteiger partial charge in [-0.1, -0.05) is 60.7 Å². The lowest BCUT2D eigenvalue weighted by Crippen LogP contribution is -2.46. The lowest BCUT2D eigenvalue weighted by Gasteiger charge is -2.30. The van der Waals surface area contributed by atoms with Crippen molar-refractivity contribution >= 4 is 23.2 Å². The summed E-state index contributed by atoms with van der Waals surface area (Å²) in [6.45, 7) is 7.28. The number of benzene rings is 2. The summed E-state index contributed by atoms with van der Waals surface area (Å²) in [4.78, 5) is 30.9. The Morgan fingerprint density at radius 2 is 1.52 bits per heavy atom. The van der Waals surface area contributed by atoms with Crippen molar-refractivity contribution in [2.75, 3.05) is 13.2 Å². The van der Waals surface area contributed by atoms with E-state index in [2.05, 4.69) is 13.0 Å². The van der Waals surface area contributed by atoms with Crippen molar-refractivity contribution in [2.45, 2.75) is 46.5 Å². The fourth-order valence-electron chi connectivity index (χ4n) is 3.49. The highest BCUT2D eigenvalue weighted by Crippen LogP contribution is 2.20. The van der Waals surface area contributed by atoms with Gasteiger partial charge in [-0.15, -0.1) is 11.3 Å². The van der Waals surface area contributed by atoms with E-state index in [-0.39, 0.29) is 31.0 Å². The van der Waals surface area contributed by atoms with E-state index in [1.54, 1.807) is 16.2 Å². The van der Waals surface area contributed by atoms with Crippen LogP contribution in [0.25, 0.3) is 0 Å². The van der Waals surface area contributed by atoms with Crippen LogP contribution in [0.1, 0.15) is 35.4 Å². The molecule has 2 amide bonds. The second kappa shape index (κ2) is 12.3. The largest absolute Gasteiger partial charge is 0.367 e. The Hall–Kier alpha value is -2.96. The maximum absolute atomic E-state index is 13.4. The van der Waals surface area contributed by atoms with Gasteiger partial charge >= 0.3 is 0 Å². The molecule has 2 aromatic carbocycles. The SMILES string of the molecule is Cc1ccsc1CN(Cc1ccccc1)C(=O)CN(C(=O)COCc1ccccc1)C(C)C. The third kappa shape index (κ3) is 7.55. The summed E-state index contributed by atoms with van der Waals surface area (Å²) in [5.41, 5.74) is 3.25. The minimum Gasteiger partial charge on any atom is -0.367 e. The van der Waals surface area contributed by atoms with Crippen molar-refractivity contribution in [3.63, 3.8) is 0 Å². The molecule has 0 aliphatic rings. The van der Waals surface area contributed by atoms with E-state index in [4.69, 9.17) is 4.74 Å². The van der Waals surface area contributed by atoms with Crippen LogP contribution in [0, 0.1) is 6.92 Å². The van der Waals surface area contributed by atoms with Gasteiger partial charge < -0.3 is 14.5 Å². The maximum Gasteiger partial charge on any atom is 0.249 e. The van der Waals surface area contributed by atoms with Crippen LogP contribution in [0.3, 0.4) is 0 Å². The number of ether oxygens (including phenoxy) is 1. The first-order valence-electron chi connectivity index (χ1n) is 11.2. The normalized spacial score (nSPS) is 10.9. The molecule has 3 rings (SSSR count). The Balaban J connectivity index is 1.66. The third-order valence-corrected chi connectivity index (χ3v) is 6.47. The number of carbonyl (C=O) groups excluding carboxylic acids is 2. The average Bonchev–Trinajstić information content (AvgIpc) is 3.22. The van der Waals surface area contributed by atoms with Gasteiger partial charge in [0.05, 0.1) is 13.2 Å². The second-order valence-corrected chi connectivity index (χ2v) is 9.36. The monoisotopic (exact) mass is 464 g/mol. The molecule has 33 heavy (non-hydrogen) atoms. The minimum absolute atomic E-state index is 0.0302. The number of amides is 2. The van der Waals surface area contributed by atoms with Gasteiger partial charge in [-0.3, -0.25) is 9.59 Å². The summed E-state index contributed by atoms with van der Waals surface area (Å²) < 4.78 is 5.64. The molecule has 5 nitrogen and oxygen atoms in total. The van der Waals surface area contributed by atoms with Crippen LogP contribution >= 0.6 is 11.3 Å². The first-order valence-corrected chi connectivity index (χ1v) is 12.1. The molecule has 0 aliphatic heterocycles. The van der Waals surface area contributed by atoms with Crippen molar-refractivity contribution in [3.05, 3.63) is 93.7 Å². The molecule has 6 heteroatoms. The molecule has 0 bridgehead atoms. The Bertz CT molecular complexity index is 1020. The van der Waals surface area contributed by atoms with Crippen molar-refractivity contribution in [2.24, 2.45) is 0 Å². The molecule has 0 fully saturated rings. The van der Waals surface area contributed by atoms with Gasteiger partial charge in [0.1, 0.15) is 13.2 Å². The van der Waals surface area contributed by atoms with Gasteiger partial charge in [-0.2, -0.15) is 0 Å². The Morgan fingerprint density at radius 1 is 0.879 bits per heavy atom. The van der Waals surface area contributed by atoms with Gasteiger partial charge in [0.25, 0.3) is 0 Å². The van der Waals surface area contributed by atoms with E-state index >= 15 is 0 Å². The highest BCUT2D eigenvalue weighted by molar-refractivity contribution is 7.10. The zero-order valence-corrected chi connectivity index (χ0v) is 20.4. The van der Waals surface area contributed by atoms with Crippen molar-refractivity contribution in [3.8, 4) is 0 Å². The van der Waals surface area contributed by atoms with Gasteiger partial charge in [0.15, 0.2) is 0 Å². The van der Waals surface area contributed by atoms with Crippen molar-refractivity contribution < 1.29 is 14.3 Å². The summed E-state index contributed by atoms with van der Waals surface area (Å²) in [6.07, 6.45) is 0. The zero-order valence-electron chi connectivity index (χ0n) is 19.6. The van der Waals surface area contributed by atoms with Crippen molar-refractivity contribution in [1.82, 2.24) is 9.80 Å². The molecule has 0 unspecified atom stereocenters. The summed E-state index contributed by atoms with van der Waals surface area (Å²) in [5.74, 6) is -0.252. The van der Waals surface area contributed by atoms with Gasteiger partial charge in [-0.25, -0.2) is 0 Å². The van der Waals surface area contributed by atoms with Crippen LogP contribution in [0.15, 0.2) is 72.1 Å². The molecular weight excluding hydrogens is 432 g/mol. The topological polar surface area (TPSA) is 49.9 Å². The number of hydrogen-bond acceptors (Lipinski definition) is 4. The predicted molar refractivity (Wildman–Crippen MR) is 133 cm³/mol. The number of thiophene rings is 1. The lowest BCUT2D eigenvalue weighted by atomic mass is 10.2. The third-order valence-electron chi connectivity index (χ3n) is 5.46. The Kier molecular flexibility index (Phi) is 9.22. The molecule has 3 aromatic rings. The van der Waals surface area contributed by atoms with Crippen LogP contribution in [-0.2, 0) is 34.0 Å². The first kappa shape index (κ1) is 24.7. The number of rotatable bonds is 11. The summed E-state index contributed by atoms with van der Waals surface area (Å²) in [6, 6.07) is 21.7. The van der Waals surface area contributed by atoms with Gasteiger partial charge in [-0.05, 0) is 48.9 Å². The molecule has 0 saturated heterocycles. The van der Waals surface area contributed by atoms with Gasteiger partial charge in [0, 0.05) is 17.5 Å². The predicted octanol–water partition coefficient (Wildman–Crippen LogP) is 5.04. The van der Waals surface area contributed by atoms with E-state index in [0.717, 1.165) is 16.0 Å². The van der Waals surface area contributed by atoms with Gasteiger partial charge in [0.2, 0.25) is 11.8 Å². The minimum atomic E-state index is -0.179. The van der Waals surface area contributed by atoms with E-state index in [1.807, 2.05) is 84.8 Å².